The number of hydrogen-bond donors (Lipinski definition) is 2. The van der Waals surface area contributed by atoms with E-state index in [1.165, 1.54) is 12.3 Å². The summed E-state index contributed by atoms with van der Waals surface area (Å²) < 4.78 is 25.4. The van der Waals surface area contributed by atoms with E-state index >= 15 is 0 Å². The van der Waals surface area contributed by atoms with Gasteiger partial charge in [-0.3, -0.25) is 29.6 Å². The Balaban J connectivity index is 2.55. The highest BCUT2D eigenvalue weighted by Crippen LogP contribution is 2.36. The molecule has 0 unspecified atom stereocenters. The Labute approximate surface area is 267 Å². The highest BCUT2D eigenvalue weighted by molar-refractivity contribution is 5.74. The third-order valence-corrected chi connectivity index (χ3v) is 8.22. The number of anilines is 1. The number of nitrogens with one attached hydrogen (secondary N) is 1. The summed E-state index contributed by atoms with van der Waals surface area (Å²) in [6.45, 7) is 11.7. The third kappa shape index (κ3) is 11.1. The first-order valence-corrected chi connectivity index (χ1v) is 16.9. The van der Waals surface area contributed by atoms with Crippen molar-refractivity contribution in [1.82, 2.24) is 9.55 Å². The number of carbonyl (C=O) groups is 3. The van der Waals surface area contributed by atoms with E-state index in [-0.39, 0.29) is 36.1 Å². The van der Waals surface area contributed by atoms with E-state index in [4.69, 9.17) is 18.9 Å². The van der Waals surface area contributed by atoms with Crippen molar-refractivity contribution in [3.8, 4) is 0 Å². The Morgan fingerprint density at radius 2 is 1.24 bits per heavy atom. The van der Waals surface area contributed by atoms with E-state index in [1.54, 1.807) is 0 Å². The molecule has 0 amide bonds. The molecule has 0 bridgehead atoms. The molecule has 0 aromatic carbocycles. The van der Waals surface area contributed by atoms with Crippen LogP contribution >= 0.6 is 0 Å². The van der Waals surface area contributed by atoms with Crippen LogP contribution in [0.4, 0.5) is 5.82 Å². The van der Waals surface area contributed by atoms with Gasteiger partial charge in [-0.25, -0.2) is 4.79 Å². The number of aromatic nitrogens is 2. The average molecular weight is 638 g/mol. The molecule has 1 fully saturated rings. The van der Waals surface area contributed by atoms with E-state index in [2.05, 4.69) is 4.98 Å². The largest absolute Gasteiger partial charge is 0.463 e. The third-order valence-electron chi connectivity index (χ3n) is 8.22. The molecule has 4 atom stereocenters. The van der Waals surface area contributed by atoms with Crippen LogP contribution in [0.15, 0.2) is 17.1 Å². The summed E-state index contributed by atoms with van der Waals surface area (Å²) >= 11 is 0. The second-order valence-corrected chi connectivity index (χ2v) is 11.9. The minimum absolute atomic E-state index is 0.0814. The van der Waals surface area contributed by atoms with Crippen LogP contribution in [0.2, 0.25) is 0 Å². The van der Waals surface area contributed by atoms with Crippen LogP contribution < -0.4 is 11.2 Å². The zero-order valence-corrected chi connectivity index (χ0v) is 28.0. The number of rotatable bonds is 21. The van der Waals surface area contributed by atoms with Crippen LogP contribution in [-0.4, -0.2) is 57.6 Å². The normalized spacial score (nSPS) is 19.7. The molecule has 1 saturated heterocycles. The van der Waals surface area contributed by atoms with Crippen molar-refractivity contribution in [3.05, 3.63) is 22.7 Å². The highest BCUT2D eigenvalue weighted by atomic mass is 16.7. The molecule has 1 aliphatic heterocycles. The molecule has 45 heavy (non-hydrogen) atoms. The Kier molecular flexibility index (Phi) is 17.1. The first-order valence-electron chi connectivity index (χ1n) is 16.9. The maximum absolute atomic E-state index is 13.6. The minimum Gasteiger partial charge on any atom is -0.463 e. The van der Waals surface area contributed by atoms with Crippen LogP contribution in [0.25, 0.3) is 0 Å². The smallest absolute Gasteiger partial charge is 0.351 e. The monoisotopic (exact) mass is 637 g/mol. The number of carbonyl (C=O) groups excluding carboxylic acids is 3. The number of hydrogen-bond acceptors (Lipinski definition) is 11. The first kappa shape index (κ1) is 38.2. The van der Waals surface area contributed by atoms with Crippen LogP contribution in [0.1, 0.15) is 125 Å². The Bertz CT molecular complexity index is 1090. The van der Waals surface area contributed by atoms with Crippen molar-refractivity contribution in [2.75, 3.05) is 12.1 Å². The molecule has 12 heteroatoms. The van der Waals surface area contributed by atoms with Crippen molar-refractivity contribution in [1.29, 1.82) is 0 Å². The average Bonchev–Trinajstić information content (AvgIpc) is 3.34. The van der Waals surface area contributed by atoms with E-state index < -0.39 is 42.2 Å². The topological polar surface area (TPSA) is 155 Å². The van der Waals surface area contributed by atoms with Gasteiger partial charge in [-0.1, -0.05) is 80.1 Å². The van der Waals surface area contributed by atoms with Gasteiger partial charge in [0, 0.05) is 6.20 Å². The maximum Gasteiger partial charge on any atom is 0.351 e. The fourth-order valence-electron chi connectivity index (χ4n) is 5.98. The predicted molar refractivity (Wildman–Crippen MR) is 168 cm³/mol. The molecule has 1 aromatic rings. The summed E-state index contributed by atoms with van der Waals surface area (Å²) in [6.07, 6.45) is 5.28. The minimum atomic E-state index is -1.23. The van der Waals surface area contributed by atoms with Gasteiger partial charge >= 0.3 is 23.6 Å². The second kappa shape index (κ2) is 20.2. The first-order chi connectivity index (χ1) is 21.7. The lowest BCUT2D eigenvalue weighted by Crippen LogP contribution is -2.44. The summed E-state index contributed by atoms with van der Waals surface area (Å²) in [4.78, 5) is 57.1. The van der Waals surface area contributed by atoms with E-state index in [9.17, 15) is 24.4 Å². The maximum atomic E-state index is 13.6. The van der Waals surface area contributed by atoms with E-state index in [0.29, 0.717) is 38.5 Å². The van der Waals surface area contributed by atoms with Gasteiger partial charge in [-0.15, -0.1) is 0 Å². The molecular formula is C33H55N3O9. The predicted octanol–water partition coefficient (Wildman–Crippen LogP) is 5.96. The van der Waals surface area contributed by atoms with Crippen LogP contribution in [-0.2, 0) is 33.3 Å². The summed E-state index contributed by atoms with van der Waals surface area (Å²) in [7, 11) is 0. The van der Waals surface area contributed by atoms with Gasteiger partial charge in [0.1, 0.15) is 12.7 Å². The van der Waals surface area contributed by atoms with Gasteiger partial charge in [0.15, 0.2) is 24.3 Å². The Morgan fingerprint density at radius 1 is 0.800 bits per heavy atom. The molecule has 1 aliphatic rings. The molecule has 2 N–H and O–H groups in total. The number of nitrogens with zero attached hydrogens (tertiary/aromatic N) is 2. The van der Waals surface area contributed by atoms with Gasteiger partial charge in [0.05, 0.1) is 17.8 Å². The lowest BCUT2D eigenvalue weighted by atomic mass is 9.97. The molecular weight excluding hydrogens is 582 g/mol. The zero-order chi connectivity index (χ0) is 33.4. The lowest BCUT2D eigenvalue weighted by molar-refractivity contribution is -0.175. The highest BCUT2D eigenvalue weighted by Gasteiger charge is 2.52. The van der Waals surface area contributed by atoms with E-state index in [1.807, 2.05) is 47.0 Å². The van der Waals surface area contributed by atoms with Crippen LogP contribution in [0.5, 0.6) is 0 Å². The molecule has 12 nitrogen and oxygen atoms in total. The van der Waals surface area contributed by atoms with E-state index in [0.717, 1.165) is 43.1 Å². The quantitative estimate of drug-likeness (QED) is 0.0932. The van der Waals surface area contributed by atoms with Gasteiger partial charge in [-0.2, -0.15) is 4.98 Å². The fraction of sp³-hybridized carbons (Fsp3) is 0.788. The molecule has 2 rings (SSSR count). The molecule has 256 valence electrons. The van der Waals surface area contributed by atoms with Gasteiger partial charge in [-0.05, 0) is 44.6 Å². The van der Waals surface area contributed by atoms with Crippen molar-refractivity contribution in [2.45, 2.75) is 143 Å². The van der Waals surface area contributed by atoms with Crippen molar-refractivity contribution in [3.63, 3.8) is 0 Å². The SMILES string of the molecule is CCCC(CCC)C(=O)OC[C@H]1O[C@@H](n2ccc(NO)nc2=O)[C@H](OC(=O)C(CCC)CCC)[C@@H]1OC(=O)C(CCC)CCC. The molecule has 2 heterocycles. The standard InChI is InChI=1S/C33H55N3O9/c1-7-13-22(14-8-2)30(37)42-21-25-27(44-31(38)23(15-9-3)16-10-4)28(45-32(39)24(17-11-5)18-12-6)29(43-25)36-20-19-26(35-41)34-33(36)40/h19-20,22-25,27-29,41H,7-18,21H2,1-6H3,(H,34,35,40)/t25-,27-,28-,29-/m1/s1. The Morgan fingerprint density at radius 3 is 1.67 bits per heavy atom. The van der Waals surface area contributed by atoms with Crippen molar-refractivity contribution < 1.29 is 38.5 Å². The molecule has 1 aromatic heterocycles. The Hall–Kier alpha value is -2.99. The van der Waals surface area contributed by atoms with Crippen LogP contribution in [0.3, 0.4) is 0 Å². The van der Waals surface area contributed by atoms with Gasteiger partial charge < -0.3 is 18.9 Å². The summed E-state index contributed by atoms with van der Waals surface area (Å²) in [5.41, 5.74) is 1.05. The molecule has 0 saturated carbocycles. The second-order valence-electron chi connectivity index (χ2n) is 11.9. The summed E-state index contributed by atoms with van der Waals surface area (Å²) in [5.74, 6) is -2.42. The number of ether oxygens (including phenoxy) is 4. The lowest BCUT2D eigenvalue weighted by Gasteiger charge is -2.28. The molecule has 0 spiro atoms. The molecule has 0 radical (unpaired) electrons. The van der Waals surface area contributed by atoms with Gasteiger partial charge in [0.2, 0.25) is 0 Å². The fourth-order valence-corrected chi connectivity index (χ4v) is 5.98. The van der Waals surface area contributed by atoms with Gasteiger partial charge in [0.25, 0.3) is 0 Å². The van der Waals surface area contributed by atoms with Crippen molar-refractivity contribution in [2.24, 2.45) is 17.8 Å². The zero-order valence-electron chi connectivity index (χ0n) is 28.0. The van der Waals surface area contributed by atoms with Crippen LogP contribution in [0, 0.1) is 17.8 Å². The molecule has 0 aliphatic carbocycles. The summed E-state index contributed by atoms with van der Waals surface area (Å²) in [5, 5.41) is 9.25. The summed E-state index contributed by atoms with van der Waals surface area (Å²) in [6, 6.07) is 1.35. The number of esters is 3. The van der Waals surface area contributed by atoms with Crippen molar-refractivity contribution >= 4 is 23.7 Å².